The van der Waals surface area contributed by atoms with Gasteiger partial charge in [-0.05, 0) is 19.4 Å². The first kappa shape index (κ1) is 14.5. The molecule has 1 aromatic rings. The molecule has 106 valence electrons. The molecule has 1 aliphatic rings. The average Bonchev–Trinajstić information content (AvgIpc) is 2.95. The van der Waals surface area contributed by atoms with Crippen LogP contribution < -0.4 is 5.73 Å². The van der Waals surface area contributed by atoms with Crippen LogP contribution in [0.4, 0.5) is 0 Å². The van der Waals surface area contributed by atoms with E-state index >= 15 is 0 Å². The third kappa shape index (κ3) is 2.68. The van der Waals surface area contributed by atoms with Crippen LogP contribution in [0.25, 0.3) is 0 Å². The fraction of sp³-hybridized carbons (Fsp3) is 0.571. The molecule has 4 nitrogen and oxygen atoms in total. The van der Waals surface area contributed by atoms with Gasteiger partial charge in [0.2, 0.25) is 0 Å². The van der Waals surface area contributed by atoms with Crippen LogP contribution in [0.3, 0.4) is 0 Å². The molecule has 1 fully saturated rings. The summed E-state index contributed by atoms with van der Waals surface area (Å²) in [7, 11) is -3.18. The Hall–Kier alpha value is -0.910. The Bertz CT molecular complexity index is 553. The first-order valence-corrected chi connectivity index (χ1v) is 8.38. The summed E-state index contributed by atoms with van der Waals surface area (Å²) < 4.78 is 29.1. The molecule has 0 aromatic heterocycles. The third-order valence-corrected chi connectivity index (χ3v) is 5.39. The van der Waals surface area contributed by atoms with Crippen molar-refractivity contribution in [3.8, 4) is 0 Å². The minimum Gasteiger partial charge on any atom is -0.380 e. The molecule has 0 aliphatic heterocycles. The Labute approximate surface area is 114 Å². The molecule has 3 atom stereocenters. The second-order valence-electron chi connectivity index (χ2n) is 5.39. The largest absolute Gasteiger partial charge is 0.380 e. The molecule has 0 bridgehead atoms. The molecule has 0 saturated heterocycles. The zero-order valence-electron chi connectivity index (χ0n) is 11.6. The summed E-state index contributed by atoms with van der Waals surface area (Å²) in [6, 6.07) is 7.87. The molecule has 0 spiro atoms. The maximum atomic E-state index is 11.9. The van der Waals surface area contributed by atoms with Crippen molar-refractivity contribution in [3.05, 3.63) is 35.4 Å². The van der Waals surface area contributed by atoms with Crippen molar-refractivity contribution in [3.63, 3.8) is 0 Å². The molecule has 0 unspecified atom stereocenters. The Morgan fingerprint density at radius 2 is 1.89 bits per heavy atom. The van der Waals surface area contributed by atoms with E-state index in [-0.39, 0.29) is 12.5 Å². The minimum absolute atomic E-state index is 0.172. The van der Waals surface area contributed by atoms with E-state index in [4.69, 9.17) is 10.5 Å². The first-order valence-electron chi connectivity index (χ1n) is 6.42. The van der Waals surface area contributed by atoms with E-state index < -0.39 is 20.6 Å². The van der Waals surface area contributed by atoms with E-state index in [9.17, 15) is 8.42 Å². The summed E-state index contributed by atoms with van der Waals surface area (Å²) >= 11 is 0. The second kappa shape index (κ2) is 4.89. The normalized spacial score (nSPS) is 30.3. The maximum Gasteiger partial charge on any atom is 0.152 e. The van der Waals surface area contributed by atoms with Crippen LogP contribution in [0, 0.1) is 6.92 Å². The molecule has 1 aliphatic carbocycles. The summed E-state index contributed by atoms with van der Waals surface area (Å²) in [5.74, 6) is -0.172. The molecule has 2 N–H and O–H groups in total. The van der Waals surface area contributed by atoms with Crippen LogP contribution in [0.15, 0.2) is 24.3 Å². The lowest BCUT2D eigenvalue weighted by Gasteiger charge is -2.11. The number of ether oxygens (including phenoxy) is 1. The van der Waals surface area contributed by atoms with Gasteiger partial charge >= 0.3 is 0 Å². The third-order valence-electron chi connectivity index (χ3n) is 3.76. The average molecular weight is 283 g/mol. The fourth-order valence-corrected chi connectivity index (χ4v) is 4.62. The SMILES string of the molecule is CCOC[C@]1(N)[C@H](c2ccc(C)cc2)[C@H]1S(C)(=O)=O. The lowest BCUT2D eigenvalue weighted by Crippen LogP contribution is -2.36. The number of hydrogen-bond acceptors (Lipinski definition) is 4. The van der Waals surface area contributed by atoms with Crippen molar-refractivity contribution < 1.29 is 13.2 Å². The predicted octanol–water partition coefficient (Wildman–Crippen LogP) is 1.24. The van der Waals surface area contributed by atoms with Crippen molar-refractivity contribution in [1.29, 1.82) is 0 Å². The van der Waals surface area contributed by atoms with Crippen LogP contribution in [0.1, 0.15) is 24.0 Å². The van der Waals surface area contributed by atoms with E-state index in [0.29, 0.717) is 6.61 Å². The van der Waals surface area contributed by atoms with Crippen LogP contribution >= 0.6 is 0 Å². The Morgan fingerprint density at radius 3 is 2.37 bits per heavy atom. The number of benzene rings is 1. The van der Waals surface area contributed by atoms with Gasteiger partial charge in [-0.15, -0.1) is 0 Å². The predicted molar refractivity (Wildman–Crippen MR) is 76.0 cm³/mol. The van der Waals surface area contributed by atoms with Crippen molar-refractivity contribution in [2.45, 2.75) is 30.6 Å². The molecular formula is C14H21NO3S. The quantitative estimate of drug-likeness (QED) is 0.882. The van der Waals surface area contributed by atoms with Gasteiger partial charge in [-0.25, -0.2) is 8.42 Å². The summed E-state index contributed by atoms with van der Waals surface area (Å²) in [5.41, 5.74) is 7.60. The van der Waals surface area contributed by atoms with Gasteiger partial charge in [-0.3, -0.25) is 0 Å². The summed E-state index contributed by atoms with van der Waals surface area (Å²) in [6.45, 7) is 4.69. The molecule has 0 heterocycles. The smallest absolute Gasteiger partial charge is 0.152 e. The summed E-state index contributed by atoms with van der Waals surface area (Å²) in [5, 5.41) is -0.547. The number of rotatable bonds is 5. The van der Waals surface area contributed by atoms with Crippen molar-refractivity contribution in [1.82, 2.24) is 0 Å². The first-order chi connectivity index (χ1) is 8.80. The van der Waals surface area contributed by atoms with Gasteiger partial charge in [-0.2, -0.15) is 0 Å². The number of sulfone groups is 1. The van der Waals surface area contributed by atoms with Crippen molar-refractivity contribution in [2.24, 2.45) is 5.73 Å². The standard InChI is InChI=1S/C14H21NO3S/c1-4-18-9-14(15)12(13(14)19(3,16)17)11-7-5-10(2)6-8-11/h5-8,12-13H,4,9,15H2,1-3H3/t12-,13-,14+/m1/s1. The van der Waals surface area contributed by atoms with Gasteiger partial charge < -0.3 is 10.5 Å². The zero-order valence-corrected chi connectivity index (χ0v) is 12.4. The topological polar surface area (TPSA) is 69.4 Å². The molecule has 0 amide bonds. The van der Waals surface area contributed by atoms with Crippen LogP contribution in [-0.4, -0.2) is 38.7 Å². The molecule has 5 heteroatoms. The molecule has 0 radical (unpaired) electrons. The van der Waals surface area contributed by atoms with Gasteiger partial charge in [-0.1, -0.05) is 29.8 Å². The highest BCUT2D eigenvalue weighted by atomic mass is 32.2. The van der Waals surface area contributed by atoms with Crippen molar-refractivity contribution >= 4 is 9.84 Å². The van der Waals surface area contributed by atoms with E-state index in [1.54, 1.807) is 0 Å². The number of hydrogen-bond donors (Lipinski definition) is 1. The molecule has 1 saturated carbocycles. The Balaban J connectivity index is 2.30. The Morgan fingerprint density at radius 1 is 1.32 bits per heavy atom. The monoisotopic (exact) mass is 283 g/mol. The van der Waals surface area contributed by atoms with Gasteiger partial charge in [0.1, 0.15) is 0 Å². The summed E-state index contributed by atoms with van der Waals surface area (Å²) in [4.78, 5) is 0. The minimum atomic E-state index is -3.18. The molecule has 2 rings (SSSR count). The van der Waals surface area contributed by atoms with Crippen LogP contribution in [-0.2, 0) is 14.6 Å². The van der Waals surface area contributed by atoms with Gasteiger partial charge in [0.05, 0.1) is 17.4 Å². The van der Waals surface area contributed by atoms with Gasteiger partial charge in [0.15, 0.2) is 9.84 Å². The molecular weight excluding hydrogens is 262 g/mol. The van der Waals surface area contributed by atoms with Crippen LogP contribution in [0.5, 0.6) is 0 Å². The number of aryl methyl sites for hydroxylation is 1. The highest BCUT2D eigenvalue weighted by molar-refractivity contribution is 7.91. The Kier molecular flexibility index (Phi) is 3.73. The van der Waals surface area contributed by atoms with E-state index in [1.165, 1.54) is 6.26 Å². The van der Waals surface area contributed by atoms with E-state index in [1.807, 2.05) is 38.1 Å². The molecule has 1 aromatic carbocycles. The molecule has 19 heavy (non-hydrogen) atoms. The van der Waals surface area contributed by atoms with E-state index in [0.717, 1.165) is 11.1 Å². The highest BCUT2D eigenvalue weighted by Gasteiger charge is 2.67. The van der Waals surface area contributed by atoms with Gasteiger partial charge in [0, 0.05) is 18.8 Å². The van der Waals surface area contributed by atoms with Crippen LogP contribution in [0.2, 0.25) is 0 Å². The summed E-state index contributed by atoms with van der Waals surface area (Å²) in [6.07, 6.45) is 1.25. The highest BCUT2D eigenvalue weighted by Crippen LogP contribution is 2.53. The second-order valence-corrected chi connectivity index (χ2v) is 7.55. The number of nitrogens with two attached hydrogens (primary N) is 1. The maximum absolute atomic E-state index is 11.9. The zero-order chi connectivity index (χ0) is 14.3. The van der Waals surface area contributed by atoms with Gasteiger partial charge in [0.25, 0.3) is 0 Å². The van der Waals surface area contributed by atoms with E-state index in [2.05, 4.69) is 0 Å². The fourth-order valence-electron chi connectivity index (χ4n) is 2.78. The lowest BCUT2D eigenvalue weighted by atomic mass is 10.1. The van der Waals surface area contributed by atoms with Crippen molar-refractivity contribution in [2.75, 3.05) is 19.5 Å². The lowest BCUT2D eigenvalue weighted by molar-refractivity contribution is 0.125.